The molecule has 0 unspecified atom stereocenters. The van der Waals surface area contributed by atoms with Gasteiger partial charge in [-0.25, -0.2) is 9.18 Å². The van der Waals surface area contributed by atoms with Gasteiger partial charge in [0.05, 0.1) is 24.4 Å². The van der Waals surface area contributed by atoms with Crippen LogP contribution in [-0.2, 0) is 16.1 Å². The molecule has 10 heteroatoms. The van der Waals surface area contributed by atoms with E-state index in [1.54, 1.807) is 23.9 Å². The van der Waals surface area contributed by atoms with Crippen molar-refractivity contribution in [2.75, 3.05) is 32.8 Å². The maximum absolute atomic E-state index is 12.6. The lowest BCUT2D eigenvalue weighted by atomic mass is 10.1. The minimum atomic E-state index is -0.294. The molecule has 0 saturated carbocycles. The van der Waals surface area contributed by atoms with Gasteiger partial charge < -0.3 is 14.2 Å². The lowest BCUT2D eigenvalue weighted by Gasteiger charge is -2.41. The zero-order chi connectivity index (χ0) is 27.7. The molecule has 3 heterocycles. The molecule has 0 amide bonds. The monoisotopic (exact) mass is 604 g/mol. The fourth-order valence-electron chi connectivity index (χ4n) is 3.86. The predicted molar refractivity (Wildman–Crippen MR) is 154 cm³/mol. The average molecular weight is 606 g/mol. The highest BCUT2D eigenvalue weighted by atomic mass is 79.9. The van der Waals surface area contributed by atoms with Crippen LogP contribution in [0.3, 0.4) is 0 Å². The highest BCUT2D eigenvalue weighted by molar-refractivity contribution is 9.10. The van der Waals surface area contributed by atoms with E-state index in [1.165, 1.54) is 12.1 Å². The number of piperazine rings is 1. The van der Waals surface area contributed by atoms with E-state index >= 15 is 0 Å². The van der Waals surface area contributed by atoms with Crippen LogP contribution in [0.5, 0.6) is 0 Å². The number of benzene rings is 1. The molecule has 7 nitrogen and oxygen atoms in total. The molecule has 2 aromatic rings. The van der Waals surface area contributed by atoms with E-state index in [0.717, 1.165) is 45.5 Å². The van der Waals surface area contributed by atoms with E-state index in [4.69, 9.17) is 14.3 Å². The minimum Gasteiger partial charge on any atom is -0.463 e. The van der Waals surface area contributed by atoms with E-state index in [2.05, 4.69) is 62.8 Å². The first-order valence-electron chi connectivity index (χ1n) is 12.5. The second kappa shape index (κ2) is 14.5. The van der Waals surface area contributed by atoms with Gasteiger partial charge in [-0.15, -0.1) is 0 Å². The van der Waals surface area contributed by atoms with Crippen molar-refractivity contribution in [1.29, 1.82) is 0 Å². The van der Waals surface area contributed by atoms with E-state index in [9.17, 15) is 9.18 Å². The first kappa shape index (κ1) is 29.9. The van der Waals surface area contributed by atoms with Gasteiger partial charge in [0.25, 0.3) is 0 Å². The summed E-state index contributed by atoms with van der Waals surface area (Å²) in [5.74, 6) is 1.61. The van der Waals surface area contributed by atoms with Gasteiger partial charge in [0.2, 0.25) is 0 Å². The van der Waals surface area contributed by atoms with E-state index < -0.39 is 0 Å². The number of aliphatic imine (C=N–C) groups is 1. The fourth-order valence-corrected chi connectivity index (χ4v) is 5.07. The molecular weight excluding hydrogens is 571 g/mol. The van der Waals surface area contributed by atoms with Gasteiger partial charge in [0.15, 0.2) is 0 Å². The Balaban J connectivity index is 0.000000427. The Labute approximate surface area is 236 Å². The molecule has 4 rings (SSSR count). The number of thioether (sulfide) groups is 1. The predicted octanol–water partition coefficient (Wildman–Crippen LogP) is 6.33. The summed E-state index contributed by atoms with van der Waals surface area (Å²) in [7, 11) is 0. The molecule has 0 atom stereocenters. The zero-order valence-electron chi connectivity index (χ0n) is 22.2. The lowest BCUT2D eigenvalue weighted by Crippen LogP contribution is -2.49. The standard InChI is InChI=1S/C22H30N4O3S.C6H4BrF/c1-6-28-22(27)19-12-23-21(17(5)30-10-7-15(2)3)26-9-8-25(14-20(19)26)13-18-11-16(4)29-24-18;7-5-2-1-3-6(8)4-5/h7,10-11,15H,5-6,8-9,12-14H2,1-4H3;1-4H/b10-7-;. The molecule has 0 N–H and O–H groups in total. The van der Waals surface area contributed by atoms with Gasteiger partial charge >= 0.3 is 5.97 Å². The Morgan fingerprint density at radius 1 is 1.34 bits per heavy atom. The summed E-state index contributed by atoms with van der Waals surface area (Å²) in [4.78, 5) is 22.5. The van der Waals surface area contributed by atoms with Crippen LogP contribution in [0.15, 0.2) is 78.6 Å². The second-order valence-corrected chi connectivity index (χ2v) is 11.0. The molecule has 2 aliphatic rings. The van der Waals surface area contributed by atoms with Crippen LogP contribution in [0.4, 0.5) is 4.39 Å². The topological polar surface area (TPSA) is 71.2 Å². The fraction of sp³-hybridized carbons (Fsp3) is 0.393. The van der Waals surface area contributed by atoms with Gasteiger partial charge in [0, 0.05) is 47.3 Å². The maximum Gasteiger partial charge on any atom is 0.337 e. The number of ether oxygens (including phenoxy) is 1. The number of halogens is 2. The molecule has 38 heavy (non-hydrogen) atoms. The minimum absolute atomic E-state index is 0.209. The Hall–Kier alpha value is -2.69. The Bertz CT molecular complexity index is 1210. The number of carbonyl (C=O) groups is 1. The molecule has 204 valence electrons. The molecule has 1 fully saturated rings. The molecule has 0 aliphatic carbocycles. The molecule has 1 saturated heterocycles. The normalized spacial score (nSPS) is 15.8. The number of aromatic nitrogens is 1. The van der Waals surface area contributed by atoms with E-state index in [1.807, 2.05) is 19.9 Å². The third-order valence-electron chi connectivity index (χ3n) is 5.62. The highest BCUT2D eigenvalue weighted by Gasteiger charge is 2.33. The van der Waals surface area contributed by atoms with Gasteiger partial charge in [-0.3, -0.25) is 9.89 Å². The molecule has 1 aromatic heterocycles. The summed E-state index contributed by atoms with van der Waals surface area (Å²) >= 11 is 4.69. The lowest BCUT2D eigenvalue weighted by molar-refractivity contribution is -0.138. The first-order chi connectivity index (χ1) is 18.2. The van der Waals surface area contributed by atoms with Crippen LogP contribution in [0.25, 0.3) is 0 Å². The number of carbonyl (C=O) groups excluding carboxylic acids is 1. The van der Waals surface area contributed by atoms with Crippen molar-refractivity contribution in [3.63, 3.8) is 0 Å². The van der Waals surface area contributed by atoms with Crippen molar-refractivity contribution in [3.8, 4) is 0 Å². The number of allylic oxidation sites excluding steroid dienone is 1. The Morgan fingerprint density at radius 3 is 2.74 bits per heavy atom. The van der Waals surface area contributed by atoms with Crippen LogP contribution in [-0.4, -0.2) is 59.5 Å². The van der Waals surface area contributed by atoms with Crippen molar-refractivity contribution in [3.05, 3.63) is 86.3 Å². The number of rotatable bonds is 8. The van der Waals surface area contributed by atoms with Crippen LogP contribution in [0.1, 0.15) is 32.2 Å². The quantitative estimate of drug-likeness (QED) is 0.326. The summed E-state index contributed by atoms with van der Waals surface area (Å²) in [5, 5.41) is 6.16. The molecule has 0 spiro atoms. The zero-order valence-corrected chi connectivity index (χ0v) is 24.6. The van der Waals surface area contributed by atoms with Crippen LogP contribution in [0, 0.1) is 18.7 Å². The van der Waals surface area contributed by atoms with Crippen LogP contribution >= 0.6 is 27.7 Å². The number of hydrogen-bond donors (Lipinski definition) is 0. The number of aryl methyl sites for hydroxylation is 1. The summed E-state index contributed by atoms with van der Waals surface area (Å²) in [6, 6.07) is 8.20. The molecule has 0 radical (unpaired) electrons. The summed E-state index contributed by atoms with van der Waals surface area (Å²) in [6.07, 6.45) is 2.14. The average Bonchev–Trinajstić information content (AvgIpc) is 3.27. The van der Waals surface area contributed by atoms with E-state index in [-0.39, 0.29) is 11.8 Å². The van der Waals surface area contributed by atoms with Crippen molar-refractivity contribution in [1.82, 2.24) is 15.0 Å². The van der Waals surface area contributed by atoms with Crippen LogP contribution < -0.4 is 0 Å². The summed E-state index contributed by atoms with van der Waals surface area (Å²) in [6.45, 7) is 15.7. The van der Waals surface area contributed by atoms with Crippen molar-refractivity contribution < 1.29 is 18.4 Å². The number of fused-ring (bicyclic) bond motifs is 1. The van der Waals surface area contributed by atoms with Crippen molar-refractivity contribution in [2.24, 2.45) is 10.9 Å². The van der Waals surface area contributed by atoms with Gasteiger partial charge in [-0.1, -0.05) is 65.4 Å². The maximum atomic E-state index is 12.6. The number of esters is 1. The summed E-state index contributed by atoms with van der Waals surface area (Å²) in [5.41, 5.74) is 2.46. The third-order valence-corrected chi connectivity index (χ3v) is 6.88. The Kier molecular flexibility index (Phi) is 11.4. The molecule has 2 aliphatic heterocycles. The smallest absolute Gasteiger partial charge is 0.337 e. The number of hydrogen-bond acceptors (Lipinski definition) is 8. The molecule has 0 bridgehead atoms. The van der Waals surface area contributed by atoms with Gasteiger partial charge in [-0.2, -0.15) is 0 Å². The van der Waals surface area contributed by atoms with E-state index in [0.29, 0.717) is 37.7 Å². The van der Waals surface area contributed by atoms with Crippen molar-refractivity contribution in [2.45, 2.75) is 34.2 Å². The largest absolute Gasteiger partial charge is 0.463 e. The van der Waals surface area contributed by atoms with Gasteiger partial charge in [-0.05, 0) is 43.4 Å². The number of amidine groups is 1. The second-order valence-electron chi connectivity index (χ2n) is 9.13. The van der Waals surface area contributed by atoms with Crippen molar-refractivity contribution >= 4 is 39.5 Å². The Morgan fingerprint density at radius 2 is 2.13 bits per heavy atom. The first-order valence-corrected chi connectivity index (χ1v) is 14.1. The number of nitrogens with zero attached hydrogens (tertiary/aromatic N) is 4. The highest BCUT2D eigenvalue weighted by Crippen LogP contribution is 2.30. The third kappa shape index (κ3) is 8.68. The molecular formula is C28H34BrFN4O3S. The summed E-state index contributed by atoms with van der Waals surface area (Å²) < 4.78 is 23.4. The molecule has 1 aromatic carbocycles. The van der Waals surface area contributed by atoms with Gasteiger partial charge in [0.1, 0.15) is 17.4 Å². The SMILES string of the molecule is C=C(S/C=C\C(C)C)C1=NCC(C(=O)OCC)=C2CN(Cc3cc(C)on3)CCN12.Fc1cccc(Br)c1. The van der Waals surface area contributed by atoms with Crippen LogP contribution in [0.2, 0.25) is 0 Å².